The Balaban J connectivity index is 1.15. The van der Waals surface area contributed by atoms with Gasteiger partial charge in [-0.25, -0.2) is 5.43 Å². The number of nitrogens with one attached hydrogen (secondary N) is 1. The van der Waals surface area contributed by atoms with Crippen LogP contribution in [-0.2, 0) is 6.54 Å². The van der Waals surface area contributed by atoms with Crippen molar-refractivity contribution < 1.29 is 19.1 Å². The van der Waals surface area contributed by atoms with Gasteiger partial charge in [-0.05, 0) is 60.3 Å². The summed E-state index contributed by atoms with van der Waals surface area (Å²) in [5.74, 6) is 1.04. The van der Waals surface area contributed by atoms with E-state index in [-0.39, 0.29) is 18.6 Å². The number of hydrazone groups is 1. The lowest BCUT2D eigenvalue weighted by molar-refractivity contribution is 0.0953. The van der Waals surface area contributed by atoms with Crippen molar-refractivity contribution in [3.05, 3.63) is 101 Å². The molecule has 0 bridgehead atoms. The minimum Gasteiger partial charge on any atom is -0.454 e. The molecule has 0 aromatic heterocycles. The summed E-state index contributed by atoms with van der Waals surface area (Å²) in [4.78, 5) is 27.4. The number of carbonyl (C=O) groups excluding carboxylic acids is 2. The van der Waals surface area contributed by atoms with E-state index in [1.807, 2.05) is 73.7 Å². The second-order valence-corrected chi connectivity index (χ2v) is 8.48. The van der Waals surface area contributed by atoms with Crippen LogP contribution in [-0.4, -0.2) is 24.3 Å². The Kier molecular flexibility index (Phi) is 4.95. The molecule has 7 nitrogen and oxygen atoms in total. The summed E-state index contributed by atoms with van der Waals surface area (Å²) < 4.78 is 10.7. The fourth-order valence-electron chi connectivity index (χ4n) is 4.47. The third kappa shape index (κ3) is 3.67. The number of ether oxygens (including phenoxy) is 2. The molecule has 1 N–H and O–H groups in total. The average Bonchev–Trinajstić information content (AvgIpc) is 3.47. The van der Waals surface area contributed by atoms with Crippen LogP contribution >= 0.6 is 0 Å². The molecule has 0 saturated carbocycles. The van der Waals surface area contributed by atoms with E-state index in [0.717, 1.165) is 33.2 Å². The van der Waals surface area contributed by atoms with Crippen LogP contribution in [0.15, 0.2) is 84.0 Å². The molecule has 0 atom stereocenters. The van der Waals surface area contributed by atoms with Gasteiger partial charge in [0.1, 0.15) is 0 Å². The molecule has 0 fully saturated rings. The highest BCUT2D eigenvalue weighted by atomic mass is 16.7. The number of amides is 2. The quantitative estimate of drug-likeness (QED) is 0.338. The number of hydrogen-bond acceptors (Lipinski definition) is 5. The zero-order valence-electron chi connectivity index (χ0n) is 18.9. The van der Waals surface area contributed by atoms with E-state index >= 15 is 0 Å². The van der Waals surface area contributed by atoms with Gasteiger partial charge in [-0.2, -0.15) is 5.10 Å². The van der Waals surface area contributed by atoms with Gasteiger partial charge in [-0.1, -0.05) is 36.4 Å². The van der Waals surface area contributed by atoms with Crippen molar-refractivity contribution in [3.63, 3.8) is 0 Å². The molecule has 7 heteroatoms. The number of nitrogens with zero attached hydrogens (tertiary/aromatic N) is 2. The predicted molar refractivity (Wildman–Crippen MR) is 133 cm³/mol. The highest BCUT2D eigenvalue weighted by molar-refractivity contribution is 6.24. The Morgan fingerprint density at radius 3 is 2.51 bits per heavy atom. The molecule has 2 aliphatic heterocycles. The first-order valence-corrected chi connectivity index (χ1v) is 11.3. The minimum absolute atomic E-state index is 0.00745. The molecule has 0 unspecified atom stereocenters. The number of fused-ring (bicyclic) bond motifs is 1. The molecule has 172 valence electrons. The lowest BCUT2D eigenvalue weighted by Gasteiger charge is -2.18. The van der Waals surface area contributed by atoms with E-state index in [1.165, 1.54) is 0 Å². The second-order valence-electron chi connectivity index (χ2n) is 8.48. The van der Waals surface area contributed by atoms with Crippen molar-refractivity contribution in [3.8, 4) is 11.5 Å². The first kappa shape index (κ1) is 20.9. The average molecular weight is 463 g/mol. The maximum absolute atomic E-state index is 13.0. The zero-order chi connectivity index (χ0) is 23.9. The van der Waals surface area contributed by atoms with Gasteiger partial charge < -0.3 is 14.4 Å². The van der Waals surface area contributed by atoms with Gasteiger partial charge in [-0.3, -0.25) is 9.59 Å². The summed E-state index contributed by atoms with van der Waals surface area (Å²) in [6.45, 7) is 2.44. The Bertz CT molecular complexity index is 1520. The van der Waals surface area contributed by atoms with Crippen LogP contribution in [0.4, 0.5) is 5.69 Å². The number of carbonyl (C=O) groups is 2. The smallest absolute Gasteiger partial charge is 0.271 e. The summed E-state index contributed by atoms with van der Waals surface area (Å²) >= 11 is 0. The van der Waals surface area contributed by atoms with Crippen LogP contribution in [0.3, 0.4) is 0 Å². The molecule has 0 saturated heterocycles. The molecule has 4 aromatic rings. The molecular weight excluding hydrogens is 442 g/mol. The van der Waals surface area contributed by atoms with E-state index in [0.29, 0.717) is 29.3 Å². The van der Waals surface area contributed by atoms with Crippen LogP contribution in [0.1, 0.15) is 38.8 Å². The summed E-state index contributed by atoms with van der Waals surface area (Å²) in [5.41, 5.74) is 7.13. The number of anilines is 1. The highest BCUT2D eigenvalue weighted by Crippen LogP contribution is 2.38. The molecule has 35 heavy (non-hydrogen) atoms. The molecular formula is C28H21N3O4. The lowest BCUT2D eigenvalue weighted by Crippen LogP contribution is -2.26. The Labute approximate surface area is 201 Å². The van der Waals surface area contributed by atoms with Gasteiger partial charge in [0.25, 0.3) is 11.8 Å². The molecule has 0 aliphatic carbocycles. The normalized spacial score (nSPS) is 14.0. The van der Waals surface area contributed by atoms with E-state index in [4.69, 9.17) is 9.47 Å². The molecule has 0 radical (unpaired) electrons. The molecule has 6 rings (SSSR count). The van der Waals surface area contributed by atoms with E-state index in [2.05, 4.69) is 10.5 Å². The lowest BCUT2D eigenvalue weighted by atomic mass is 10.1. The van der Waals surface area contributed by atoms with Gasteiger partial charge in [0.2, 0.25) is 6.79 Å². The van der Waals surface area contributed by atoms with Gasteiger partial charge in [0, 0.05) is 22.1 Å². The predicted octanol–water partition coefficient (Wildman–Crippen LogP) is 4.88. The molecule has 4 aromatic carbocycles. The van der Waals surface area contributed by atoms with Gasteiger partial charge >= 0.3 is 0 Å². The van der Waals surface area contributed by atoms with Crippen molar-refractivity contribution in [2.24, 2.45) is 5.10 Å². The summed E-state index contributed by atoms with van der Waals surface area (Å²) in [6, 6.07) is 24.5. The van der Waals surface area contributed by atoms with Gasteiger partial charge in [-0.15, -0.1) is 0 Å². The Hall–Kier alpha value is -4.65. The second kappa shape index (κ2) is 8.29. The van der Waals surface area contributed by atoms with E-state index in [9.17, 15) is 9.59 Å². The topological polar surface area (TPSA) is 80.2 Å². The monoisotopic (exact) mass is 463 g/mol. The summed E-state index contributed by atoms with van der Waals surface area (Å²) in [5, 5.41) is 6.27. The fourth-order valence-corrected chi connectivity index (χ4v) is 4.47. The van der Waals surface area contributed by atoms with Crippen LogP contribution in [0.5, 0.6) is 11.5 Å². The van der Waals surface area contributed by atoms with Crippen molar-refractivity contribution >= 4 is 34.0 Å². The summed E-state index contributed by atoms with van der Waals surface area (Å²) in [7, 11) is 0. The standard InChI is InChI=1S/C28H21N3O4/c1-17(21-12-13-24-25(14-21)35-16-34-24)29-30-27(32)20-10-8-18(9-11-20)15-31-23-7-3-5-19-4-2-6-22(26(19)23)28(31)33/h2-14H,15-16H2,1H3,(H,30,32)/b29-17+. The maximum Gasteiger partial charge on any atom is 0.271 e. The molecule has 0 spiro atoms. The zero-order valence-corrected chi connectivity index (χ0v) is 18.9. The van der Waals surface area contributed by atoms with Crippen LogP contribution in [0.2, 0.25) is 0 Å². The maximum atomic E-state index is 13.0. The van der Waals surface area contributed by atoms with Gasteiger partial charge in [0.05, 0.1) is 17.9 Å². The van der Waals surface area contributed by atoms with Crippen molar-refractivity contribution in [2.45, 2.75) is 13.5 Å². The van der Waals surface area contributed by atoms with E-state index < -0.39 is 0 Å². The van der Waals surface area contributed by atoms with Crippen LogP contribution < -0.4 is 19.8 Å². The van der Waals surface area contributed by atoms with Crippen molar-refractivity contribution in [1.29, 1.82) is 0 Å². The first-order valence-electron chi connectivity index (χ1n) is 11.3. The fraction of sp³-hybridized carbons (Fsp3) is 0.107. The number of hydrogen-bond donors (Lipinski definition) is 1. The van der Waals surface area contributed by atoms with Crippen molar-refractivity contribution in [2.75, 3.05) is 11.7 Å². The van der Waals surface area contributed by atoms with Crippen LogP contribution in [0.25, 0.3) is 10.8 Å². The Morgan fingerprint density at radius 1 is 0.943 bits per heavy atom. The largest absolute Gasteiger partial charge is 0.454 e. The molecule has 2 aliphatic rings. The third-order valence-electron chi connectivity index (χ3n) is 6.32. The molecule has 2 heterocycles. The number of benzene rings is 4. The van der Waals surface area contributed by atoms with E-state index in [1.54, 1.807) is 17.0 Å². The number of rotatable bonds is 5. The van der Waals surface area contributed by atoms with Crippen LogP contribution in [0, 0.1) is 0 Å². The third-order valence-corrected chi connectivity index (χ3v) is 6.32. The van der Waals surface area contributed by atoms with Gasteiger partial charge in [0.15, 0.2) is 11.5 Å². The summed E-state index contributed by atoms with van der Waals surface area (Å²) in [6.07, 6.45) is 0. The highest BCUT2D eigenvalue weighted by Gasteiger charge is 2.29. The SMILES string of the molecule is C/C(=N\NC(=O)c1ccc(CN2C(=O)c3cccc4cccc2c34)cc1)c1ccc2c(c1)OCO2. The van der Waals surface area contributed by atoms with Crippen molar-refractivity contribution in [1.82, 2.24) is 5.43 Å². The Morgan fingerprint density at radius 2 is 1.69 bits per heavy atom. The first-order chi connectivity index (χ1) is 17.1. The molecule has 2 amide bonds. The minimum atomic E-state index is -0.314.